The molecular formula is C9H16BrN3. The van der Waals surface area contributed by atoms with Crippen molar-refractivity contribution in [2.45, 2.75) is 39.2 Å². The molecule has 1 aromatic heterocycles. The SMILES string of the molecule is CCCCCCn1ncc(Br)c1N. The molecule has 0 saturated heterocycles. The first-order chi connectivity index (χ1) is 6.25. The number of aromatic nitrogens is 2. The Bertz CT molecular complexity index is 257. The molecule has 0 bridgehead atoms. The second-order valence-corrected chi connectivity index (χ2v) is 4.02. The second kappa shape index (κ2) is 5.27. The smallest absolute Gasteiger partial charge is 0.136 e. The number of aryl methyl sites for hydroxylation is 1. The third kappa shape index (κ3) is 3.03. The van der Waals surface area contributed by atoms with Gasteiger partial charge in [0.05, 0.1) is 10.7 Å². The van der Waals surface area contributed by atoms with Crippen LogP contribution in [0.15, 0.2) is 10.7 Å². The highest BCUT2D eigenvalue weighted by Crippen LogP contribution is 2.18. The van der Waals surface area contributed by atoms with Crippen LogP contribution < -0.4 is 5.73 Å². The van der Waals surface area contributed by atoms with E-state index in [0.717, 1.165) is 23.3 Å². The highest BCUT2D eigenvalue weighted by Gasteiger charge is 2.02. The molecule has 0 aliphatic rings. The fourth-order valence-electron chi connectivity index (χ4n) is 1.24. The minimum atomic E-state index is 0.733. The van der Waals surface area contributed by atoms with Crippen molar-refractivity contribution in [3.05, 3.63) is 10.7 Å². The zero-order valence-corrected chi connectivity index (χ0v) is 9.55. The van der Waals surface area contributed by atoms with Crippen LogP contribution in [0.4, 0.5) is 5.82 Å². The average molecular weight is 246 g/mol. The molecule has 4 heteroatoms. The Labute approximate surface area is 87.4 Å². The van der Waals surface area contributed by atoms with E-state index >= 15 is 0 Å². The van der Waals surface area contributed by atoms with E-state index in [2.05, 4.69) is 28.0 Å². The van der Waals surface area contributed by atoms with Gasteiger partial charge in [0.15, 0.2) is 0 Å². The van der Waals surface area contributed by atoms with Crippen LogP contribution in [0.1, 0.15) is 32.6 Å². The van der Waals surface area contributed by atoms with Crippen LogP contribution in [0.3, 0.4) is 0 Å². The summed E-state index contributed by atoms with van der Waals surface area (Å²) in [7, 11) is 0. The van der Waals surface area contributed by atoms with Gasteiger partial charge in [0, 0.05) is 6.54 Å². The largest absolute Gasteiger partial charge is 0.383 e. The Morgan fingerprint density at radius 3 is 2.77 bits per heavy atom. The number of halogens is 1. The summed E-state index contributed by atoms with van der Waals surface area (Å²) in [5.74, 6) is 0.733. The van der Waals surface area contributed by atoms with Crippen molar-refractivity contribution in [1.82, 2.24) is 9.78 Å². The Morgan fingerprint density at radius 1 is 1.46 bits per heavy atom. The van der Waals surface area contributed by atoms with E-state index in [-0.39, 0.29) is 0 Å². The van der Waals surface area contributed by atoms with E-state index in [1.54, 1.807) is 6.20 Å². The van der Waals surface area contributed by atoms with Crippen molar-refractivity contribution in [2.24, 2.45) is 0 Å². The number of nitrogens with zero attached hydrogens (tertiary/aromatic N) is 2. The molecule has 0 unspecified atom stereocenters. The van der Waals surface area contributed by atoms with Crippen LogP contribution in [0.2, 0.25) is 0 Å². The molecular weight excluding hydrogens is 230 g/mol. The topological polar surface area (TPSA) is 43.8 Å². The molecule has 0 spiro atoms. The van der Waals surface area contributed by atoms with Crippen molar-refractivity contribution in [3.8, 4) is 0 Å². The fraction of sp³-hybridized carbons (Fsp3) is 0.667. The normalized spacial score (nSPS) is 10.6. The summed E-state index contributed by atoms with van der Waals surface area (Å²) in [4.78, 5) is 0. The van der Waals surface area contributed by atoms with Gasteiger partial charge in [-0.25, -0.2) is 4.68 Å². The molecule has 0 aromatic carbocycles. The molecule has 3 nitrogen and oxygen atoms in total. The third-order valence-electron chi connectivity index (χ3n) is 2.06. The van der Waals surface area contributed by atoms with Crippen molar-refractivity contribution < 1.29 is 0 Å². The Hall–Kier alpha value is -0.510. The minimum Gasteiger partial charge on any atom is -0.383 e. The maximum atomic E-state index is 5.77. The number of rotatable bonds is 5. The molecule has 0 amide bonds. The lowest BCUT2D eigenvalue weighted by molar-refractivity contribution is 0.547. The molecule has 0 saturated carbocycles. The van der Waals surface area contributed by atoms with E-state index in [0.29, 0.717) is 0 Å². The maximum absolute atomic E-state index is 5.77. The molecule has 1 aromatic rings. The summed E-state index contributed by atoms with van der Waals surface area (Å²) >= 11 is 3.33. The predicted octanol–water partition coefficient (Wildman–Crippen LogP) is 2.81. The quantitative estimate of drug-likeness (QED) is 0.812. The number of nitrogens with two attached hydrogens (primary N) is 1. The molecule has 74 valence electrons. The average Bonchev–Trinajstić information content (AvgIpc) is 2.43. The van der Waals surface area contributed by atoms with Crippen LogP contribution in [0.25, 0.3) is 0 Å². The van der Waals surface area contributed by atoms with Gasteiger partial charge in [-0.05, 0) is 22.4 Å². The minimum absolute atomic E-state index is 0.733. The van der Waals surface area contributed by atoms with Crippen LogP contribution in [-0.4, -0.2) is 9.78 Å². The molecule has 0 fully saturated rings. The van der Waals surface area contributed by atoms with Crippen molar-refractivity contribution in [1.29, 1.82) is 0 Å². The van der Waals surface area contributed by atoms with E-state index < -0.39 is 0 Å². The summed E-state index contributed by atoms with van der Waals surface area (Å²) in [5.41, 5.74) is 5.77. The number of hydrogen-bond acceptors (Lipinski definition) is 2. The molecule has 13 heavy (non-hydrogen) atoms. The van der Waals surface area contributed by atoms with Crippen LogP contribution in [-0.2, 0) is 6.54 Å². The predicted molar refractivity (Wildman–Crippen MR) is 58.5 cm³/mol. The zero-order valence-electron chi connectivity index (χ0n) is 7.96. The van der Waals surface area contributed by atoms with Crippen molar-refractivity contribution in [3.63, 3.8) is 0 Å². The van der Waals surface area contributed by atoms with Gasteiger partial charge in [0.25, 0.3) is 0 Å². The summed E-state index contributed by atoms with van der Waals surface area (Å²) in [6.07, 6.45) is 6.72. The number of hydrogen-bond donors (Lipinski definition) is 1. The van der Waals surface area contributed by atoms with E-state index in [9.17, 15) is 0 Å². The van der Waals surface area contributed by atoms with Gasteiger partial charge in [-0.1, -0.05) is 26.2 Å². The van der Waals surface area contributed by atoms with Crippen molar-refractivity contribution in [2.75, 3.05) is 5.73 Å². The van der Waals surface area contributed by atoms with Gasteiger partial charge in [-0.2, -0.15) is 5.10 Å². The van der Waals surface area contributed by atoms with Gasteiger partial charge in [0.1, 0.15) is 5.82 Å². The van der Waals surface area contributed by atoms with Gasteiger partial charge >= 0.3 is 0 Å². The van der Waals surface area contributed by atoms with E-state index in [4.69, 9.17) is 5.73 Å². The summed E-state index contributed by atoms with van der Waals surface area (Å²) in [6, 6.07) is 0. The Balaban J connectivity index is 2.32. The molecule has 1 heterocycles. The maximum Gasteiger partial charge on any atom is 0.136 e. The first-order valence-electron chi connectivity index (χ1n) is 4.72. The summed E-state index contributed by atoms with van der Waals surface area (Å²) < 4.78 is 2.74. The zero-order chi connectivity index (χ0) is 9.68. The Morgan fingerprint density at radius 2 is 2.23 bits per heavy atom. The van der Waals surface area contributed by atoms with Gasteiger partial charge < -0.3 is 5.73 Å². The number of anilines is 1. The van der Waals surface area contributed by atoms with Crippen LogP contribution in [0, 0.1) is 0 Å². The standard InChI is InChI=1S/C9H16BrN3/c1-2-3-4-5-6-13-9(11)8(10)7-12-13/h7H,2-6,11H2,1H3. The highest BCUT2D eigenvalue weighted by molar-refractivity contribution is 9.10. The van der Waals surface area contributed by atoms with Crippen molar-refractivity contribution >= 4 is 21.7 Å². The molecule has 2 N–H and O–H groups in total. The molecule has 0 aliphatic heterocycles. The Kier molecular flexibility index (Phi) is 4.28. The number of nitrogen functional groups attached to an aromatic ring is 1. The number of unbranched alkanes of at least 4 members (excludes halogenated alkanes) is 3. The summed E-state index contributed by atoms with van der Waals surface area (Å²) in [6.45, 7) is 3.14. The molecule has 0 atom stereocenters. The van der Waals surface area contributed by atoms with E-state index in [1.807, 2.05) is 4.68 Å². The lowest BCUT2D eigenvalue weighted by atomic mass is 10.2. The molecule has 0 aliphatic carbocycles. The molecule has 1 rings (SSSR count). The fourth-order valence-corrected chi connectivity index (χ4v) is 1.53. The van der Waals surface area contributed by atoms with Crippen LogP contribution >= 0.6 is 15.9 Å². The monoisotopic (exact) mass is 245 g/mol. The third-order valence-corrected chi connectivity index (χ3v) is 2.67. The summed E-state index contributed by atoms with van der Waals surface area (Å²) in [5, 5.41) is 4.16. The molecule has 0 radical (unpaired) electrons. The van der Waals surface area contributed by atoms with Gasteiger partial charge in [-0.15, -0.1) is 0 Å². The van der Waals surface area contributed by atoms with E-state index in [1.165, 1.54) is 19.3 Å². The lowest BCUT2D eigenvalue weighted by Crippen LogP contribution is -2.04. The van der Waals surface area contributed by atoms with Gasteiger partial charge in [0.2, 0.25) is 0 Å². The second-order valence-electron chi connectivity index (χ2n) is 3.16. The highest BCUT2D eigenvalue weighted by atomic mass is 79.9. The van der Waals surface area contributed by atoms with Gasteiger partial charge in [-0.3, -0.25) is 0 Å². The lowest BCUT2D eigenvalue weighted by Gasteiger charge is -2.03. The first-order valence-corrected chi connectivity index (χ1v) is 5.51. The first kappa shape index (κ1) is 10.6. The van der Waals surface area contributed by atoms with Crippen LogP contribution in [0.5, 0.6) is 0 Å².